The number of ether oxygens (including phenoxy) is 1. The maximum atomic E-state index is 12.0. The topological polar surface area (TPSA) is 97.2 Å². The molecule has 1 amide bonds. The summed E-state index contributed by atoms with van der Waals surface area (Å²) in [6.07, 6.45) is 11.5. The molecule has 1 unspecified atom stereocenters. The predicted octanol–water partition coefficient (Wildman–Crippen LogP) is 5.39. The third-order valence-electron chi connectivity index (χ3n) is 7.02. The normalized spacial score (nSPS) is 19.0. The van der Waals surface area contributed by atoms with Gasteiger partial charge >= 0.3 is 0 Å². The van der Waals surface area contributed by atoms with Crippen LogP contribution < -0.4 is 15.5 Å². The van der Waals surface area contributed by atoms with Gasteiger partial charge in [0.2, 0.25) is 11.9 Å². The minimum atomic E-state index is -0.0510. The molecule has 1 aliphatic carbocycles. The predicted molar refractivity (Wildman–Crippen MR) is 138 cm³/mol. The number of hydrogen-bond donors (Lipinski definition) is 2. The van der Waals surface area contributed by atoms with Gasteiger partial charge < -0.3 is 20.3 Å². The molecule has 1 aromatic carbocycles. The number of carbonyl (C=O) groups excluding carboxylic acids is 1. The molecule has 1 atom stereocenters. The molecule has 1 aliphatic heterocycles. The maximum Gasteiger partial charge on any atom is 0.231 e. The first kappa shape index (κ1) is 23.5. The zero-order chi connectivity index (χ0) is 24.2. The average Bonchev–Trinajstić information content (AvgIpc) is 3.34. The third kappa shape index (κ3) is 5.24. The van der Waals surface area contributed by atoms with E-state index in [4.69, 9.17) is 19.7 Å². The number of anilines is 4. The quantitative estimate of drug-likeness (QED) is 0.471. The van der Waals surface area contributed by atoms with E-state index >= 15 is 0 Å². The fraction of sp³-hybridized carbons (Fsp3) is 0.538. The highest BCUT2D eigenvalue weighted by Gasteiger charge is 2.23. The second-order valence-electron chi connectivity index (χ2n) is 9.50. The van der Waals surface area contributed by atoms with Crippen molar-refractivity contribution in [3.63, 3.8) is 0 Å². The summed E-state index contributed by atoms with van der Waals surface area (Å²) >= 11 is 0. The standard InChI is InChI=1S/C26H35N7O2/c1-3-21(34)32(2)20-14-12-19(13-15-20)29-26-30-24(28-18-9-5-4-6-10-18)23-25(31-26)33(17-27-23)22-11-7-8-16-35-22/h12-15,17-18,22H,3-11,16H2,1-2H3,(H2,28,29,30,31). The van der Waals surface area contributed by atoms with Gasteiger partial charge in [-0.3, -0.25) is 9.36 Å². The molecular weight excluding hydrogens is 442 g/mol. The van der Waals surface area contributed by atoms with E-state index in [1.54, 1.807) is 11.9 Å². The summed E-state index contributed by atoms with van der Waals surface area (Å²) in [6, 6.07) is 8.14. The number of nitrogens with one attached hydrogen (secondary N) is 2. The van der Waals surface area contributed by atoms with Gasteiger partial charge in [0.05, 0.1) is 6.33 Å². The number of nitrogens with zero attached hydrogens (tertiary/aromatic N) is 5. The molecule has 2 fully saturated rings. The van der Waals surface area contributed by atoms with Gasteiger partial charge in [0, 0.05) is 37.5 Å². The number of amides is 1. The Hall–Kier alpha value is -3.20. The summed E-state index contributed by atoms with van der Waals surface area (Å²) in [5.41, 5.74) is 3.27. The van der Waals surface area contributed by atoms with Gasteiger partial charge in [-0.15, -0.1) is 0 Å². The third-order valence-corrected chi connectivity index (χ3v) is 7.02. The van der Waals surface area contributed by atoms with Crippen molar-refractivity contribution in [2.24, 2.45) is 0 Å². The smallest absolute Gasteiger partial charge is 0.231 e. The molecule has 9 heteroatoms. The lowest BCUT2D eigenvalue weighted by atomic mass is 9.95. The van der Waals surface area contributed by atoms with Crippen molar-refractivity contribution >= 4 is 40.2 Å². The molecule has 1 saturated heterocycles. The van der Waals surface area contributed by atoms with Crippen LogP contribution in [0.25, 0.3) is 11.2 Å². The minimum absolute atomic E-state index is 0.0510. The Morgan fingerprint density at radius 1 is 1.09 bits per heavy atom. The second-order valence-corrected chi connectivity index (χ2v) is 9.50. The van der Waals surface area contributed by atoms with Gasteiger partial charge in [0.1, 0.15) is 6.23 Å². The average molecular weight is 478 g/mol. The van der Waals surface area contributed by atoms with Crippen LogP contribution in [0.15, 0.2) is 30.6 Å². The molecule has 9 nitrogen and oxygen atoms in total. The van der Waals surface area contributed by atoms with Gasteiger partial charge in [0.15, 0.2) is 17.0 Å². The van der Waals surface area contributed by atoms with E-state index in [-0.39, 0.29) is 12.1 Å². The van der Waals surface area contributed by atoms with Crippen molar-refractivity contribution in [2.75, 3.05) is 29.2 Å². The number of aromatic nitrogens is 4. The highest BCUT2D eigenvalue weighted by atomic mass is 16.5. The van der Waals surface area contributed by atoms with Gasteiger partial charge in [-0.25, -0.2) is 4.98 Å². The van der Waals surface area contributed by atoms with E-state index in [2.05, 4.69) is 10.6 Å². The first-order valence-electron chi connectivity index (χ1n) is 12.9. The lowest BCUT2D eigenvalue weighted by Crippen LogP contribution is -2.24. The summed E-state index contributed by atoms with van der Waals surface area (Å²) in [6.45, 7) is 2.62. The van der Waals surface area contributed by atoms with E-state index in [0.717, 1.165) is 67.1 Å². The first-order chi connectivity index (χ1) is 17.1. The van der Waals surface area contributed by atoms with Crippen LogP contribution in [0.2, 0.25) is 0 Å². The summed E-state index contributed by atoms with van der Waals surface area (Å²) in [4.78, 5) is 28.1. The van der Waals surface area contributed by atoms with Crippen LogP contribution in [0.4, 0.5) is 23.1 Å². The fourth-order valence-electron chi connectivity index (χ4n) is 4.95. The monoisotopic (exact) mass is 477 g/mol. The summed E-state index contributed by atoms with van der Waals surface area (Å²) in [5.74, 6) is 1.36. The molecule has 2 N–H and O–H groups in total. The van der Waals surface area contributed by atoms with Gasteiger partial charge in [-0.1, -0.05) is 26.2 Å². The Balaban J connectivity index is 1.45. The molecule has 3 heterocycles. The zero-order valence-electron chi connectivity index (χ0n) is 20.7. The van der Waals surface area contributed by atoms with E-state index < -0.39 is 0 Å². The fourth-order valence-corrected chi connectivity index (χ4v) is 4.95. The zero-order valence-corrected chi connectivity index (χ0v) is 20.7. The number of rotatable bonds is 7. The van der Waals surface area contributed by atoms with Crippen LogP contribution in [-0.4, -0.2) is 45.1 Å². The van der Waals surface area contributed by atoms with Crippen LogP contribution in [0.5, 0.6) is 0 Å². The Labute approximate surface area is 206 Å². The summed E-state index contributed by atoms with van der Waals surface area (Å²) in [5, 5.41) is 7.01. The lowest BCUT2D eigenvalue weighted by Gasteiger charge is -2.25. The van der Waals surface area contributed by atoms with Crippen molar-refractivity contribution in [1.29, 1.82) is 0 Å². The number of fused-ring (bicyclic) bond motifs is 1. The number of benzene rings is 1. The van der Waals surface area contributed by atoms with Crippen molar-refractivity contribution in [3.05, 3.63) is 30.6 Å². The lowest BCUT2D eigenvalue weighted by molar-refractivity contribution is -0.118. The summed E-state index contributed by atoms with van der Waals surface area (Å²) in [7, 11) is 1.79. The van der Waals surface area contributed by atoms with Gasteiger partial charge in [-0.05, 0) is 56.4 Å². The van der Waals surface area contributed by atoms with Crippen LogP contribution in [0, 0.1) is 0 Å². The number of carbonyl (C=O) groups is 1. The van der Waals surface area contributed by atoms with E-state index in [0.29, 0.717) is 18.4 Å². The van der Waals surface area contributed by atoms with Gasteiger partial charge in [-0.2, -0.15) is 9.97 Å². The van der Waals surface area contributed by atoms with Crippen molar-refractivity contribution < 1.29 is 9.53 Å². The molecule has 0 bridgehead atoms. The minimum Gasteiger partial charge on any atom is -0.365 e. The van der Waals surface area contributed by atoms with Crippen molar-refractivity contribution in [2.45, 2.75) is 77.0 Å². The SMILES string of the molecule is CCC(=O)N(C)c1ccc(Nc2nc(NC3CCCCC3)c3ncn(C4CCCCO4)c3n2)cc1. The Morgan fingerprint density at radius 2 is 1.86 bits per heavy atom. The molecule has 0 spiro atoms. The van der Waals surface area contributed by atoms with Gasteiger partial charge in [0.25, 0.3) is 0 Å². The highest BCUT2D eigenvalue weighted by molar-refractivity contribution is 5.92. The number of imidazole rings is 1. The van der Waals surface area contributed by atoms with Crippen LogP contribution in [0.3, 0.4) is 0 Å². The first-order valence-corrected chi connectivity index (χ1v) is 12.9. The molecule has 1 saturated carbocycles. The molecule has 2 aliphatic rings. The van der Waals surface area contributed by atoms with Crippen LogP contribution >= 0.6 is 0 Å². The van der Waals surface area contributed by atoms with Crippen molar-refractivity contribution in [1.82, 2.24) is 19.5 Å². The molecule has 0 radical (unpaired) electrons. The molecule has 3 aromatic rings. The Kier molecular flexibility index (Phi) is 7.13. The number of hydrogen-bond acceptors (Lipinski definition) is 7. The molecule has 5 rings (SSSR count). The summed E-state index contributed by atoms with van der Waals surface area (Å²) < 4.78 is 8.08. The highest BCUT2D eigenvalue weighted by Crippen LogP contribution is 2.31. The van der Waals surface area contributed by atoms with Crippen molar-refractivity contribution in [3.8, 4) is 0 Å². The Morgan fingerprint density at radius 3 is 2.57 bits per heavy atom. The van der Waals surface area contributed by atoms with Crippen LogP contribution in [0.1, 0.15) is 70.9 Å². The molecule has 35 heavy (non-hydrogen) atoms. The largest absolute Gasteiger partial charge is 0.365 e. The molecular formula is C26H35N7O2. The Bertz CT molecular complexity index is 1150. The molecule has 186 valence electrons. The van der Waals surface area contributed by atoms with E-state index in [1.165, 1.54) is 19.3 Å². The van der Waals surface area contributed by atoms with Crippen LogP contribution in [-0.2, 0) is 9.53 Å². The second kappa shape index (κ2) is 10.6. The maximum absolute atomic E-state index is 12.0. The molecule has 2 aromatic heterocycles. The van der Waals surface area contributed by atoms with E-state index in [1.807, 2.05) is 42.1 Å². The van der Waals surface area contributed by atoms with E-state index in [9.17, 15) is 4.79 Å².